The molecule has 1 aromatic rings. The van der Waals surface area contributed by atoms with Gasteiger partial charge in [-0.3, -0.25) is 0 Å². The van der Waals surface area contributed by atoms with Gasteiger partial charge in [0.2, 0.25) is 0 Å². The maximum atomic E-state index is 4.34. The Hall–Kier alpha value is -0.610. The summed E-state index contributed by atoms with van der Waals surface area (Å²) in [7, 11) is 0. The number of thioether (sulfide) groups is 1. The van der Waals surface area contributed by atoms with Crippen molar-refractivity contribution in [3.05, 3.63) is 18.6 Å². The number of hydrogen-bond acceptors (Lipinski definition) is 4. The van der Waals surface area contributed by atoms with Crippen LogP contribution in [0.25, 0.3) is 0 Å². The second-order valence-corrected chi connectivity index (χ2v) is 6.44. The van der Waals surface area contributed by atoms with Gasteiger partial charge in [0, 0.05) is 17.5 Å². The molecule has 1 aliphatic rings. The number of nitrogens with one attached hydrogen (secondary N) is 1. The van der Waals surface area contributed by atoms with Gasteiger partial charge in [0.05, 0.1) is 5.03 Å². The first-order valence-corrected chi connectivity index (χ1v) is 7.83. The smallest absolute Gasteiger partial charge is 0.116 e. The van der Waals surface area contributed by atoms with Gasteiger partial charge in [-0.2, -0.15) is 0 Å². The lowest BCUT2D eigenvalue weighted by molar-refractivity contribution is 0.317. The molecule has 4 heteroatoms. The second-order valence-electron chi connectivity index (χ2n) is 5.18. The van der Waals surface area contributed by atoms with Crippen LogP contribution in [0.3, 0.4) is 0 Å². The fourth-order valence-electron chi connectivity index (χ4n) is 2.53. The fourth-order valence-corrected chi connectivity index (χ4v) is 3.90. The van der Waals surface area contributed by atoms with Crippen molar-refractivity contribution in [3.63, 3.8) is 0 Å². The molecule has 2 rings (SSSR count). The lowest BCUT2D eigenvalue weighted by Crippen LogP contribution is -2.42. The van der Waals surface area contributed by atoms with E-state index in [4.69, 9.17) is 0 Å². The molecule has 18 heavy (non-hydrogen) atoms. The molecule has 3 nitrogen and oxygen atoms in total. The molecule has 1 saturated carbocycles. The van der Waals surface area contributed by atoms with Crippen molar-refractivity contribution in [1.29, 1.82) is 0 Å². The summed E-state index contributed by atoms with van der Waals surface area (Å²) >= 11 is 1.91. The van der Waals surface area contributed by atoms with Gasteiger partial charge < -0.3 is 5.32 Å². The topological polar surface area (TPSA) is 37.8 Å². The van der Waals surface area contributed by atoms with Gasteiger partial charge in [0.1, 0.15) is 6.33 Å². The Morgan fingerprint density at radius 2 is 2.33 bits per heavy atom. The number of rotatable bonds is 5. The van der Waals surface area contributed by atoms with Crippen molar-refractivity contribution in [2.75, 3.05) is 6.54 Å². The molecule has 1 aliphatic carbocycles. The lowest BCUT2D eigenvalue weighted by atomic mass is 9.87. The summed E-state index contributed by atoms with van der Waals surface area (Å²) in [5, 5.41) is 5.45. The Balaban J connectivity index is 1.96. The van der Waals surface area contributed by atoms with Crippen molar-refractivity contribution in [3.8, 4) is 0 Å². The van der Waals surface area contributed by atoms with Gasteiger partial charge in [-0.05, 0) is 44.2 Å². The molecule has 100 valence electrons. The maximum Gasteiger partial charge on any atom is 0.116 e. The second kappa shape index (κ2) is 7.10. The predicted octanol–water partition coefficient (Wildman–Crippen LogP) is 3.13. The quantitative estimate of drug-likeness (QED) is 0.830. The van der Waals surface area contributed by atoms with Crippen LogP contribution < -0.4 is 5.32 Å². The first-order valence-electron chi connectivity index (χ1n) is 6.95. The van der Waals surface area contributed by atoms with Gasteiger partial charge in [-0.25, -0.2) is 9.97 Å². The summed E-state index contributed by atoms with van der Waals surface area (Å²) in [6.45, 7) is 5.72. The van der Waals surface area contributed by atoms with Gasteiger partial charge in [-0.15, -0.1) is 11.8 Å². The van der Waals surface area contributed by atoms with E-state index < -0.39 is 0 Å². The number of hydrogen-bond donors (Lipinski definition) is 1. The minimum atomic E-state index is 0.640. The standard InChI is InChI=1S/C14H23N3S/c1-3-7-16-12-5-4-11(2)9-13(12)18-14-6-8-15-10-17-14/h6,8,10-13,16H,3-5,7,9H2,1-2H3. The third-order valence-corrected chi connectivity index (χ3v) is 4.84. The zero-order chi connectivity index (χ0) is 12.8. The molecule has 0 aliphatic heterocycles. The Bertz CT molecular complexity index is 342. The highest BCUT2D eigenvalue weighted by molar-refractivity contribution is 7.99. The summed E-state index contributed by atoms with van der Waals surface area (Å²) in [6, 6.07) is 2.65. The van der Waals surface area contributed by atoms with Crippen LogP contribution in [-0.4, -0.2) is 27.8 Å². The molecule has 1 fully saturated rings. The Morgan fingerprint density at radius 1 is 1.44 bits per heavy atom. The molecule has 3 unspecified atom stereocenters. The first-order chi connectivity index (χ1) is 8.79. The SMILES string of the molecule is CCCNC1CCC(C)CC1Sc1ccncn1. The molecule has 1 N–H and O–H groups in total. The minimum Gasteiger partial charge on any atom is -0.313 e. The van der Waals surface area contributed by atoms with Crippen LogP contribution in [0.2, 0.25) is 0 Å². The number of aromatic nitrogens is 2. The molecule has 0 bridgehead atoms. The van der Waals surface area contributed by atoms with Gasteiger partial charge >= 0.3 is 0 Å². The average Bonchev–Trinajstić information content (AvgIpc) is 2.39. The normalized spacial score (nSPS) is 28.2. The molecule has 1 aromatic heterocycles. The predicted molar refractivity (Wildman–Crippen MR) is 76.8 cm³/mol. The molecule has 0 aromatic carbocycles. The molecule has 0 amide bonds. The average molecular weight is 265 g/mol. The van der Waals surface area contributed by atoms with Crippen LogP contribution >= 0.6 is 11.8 Å². The molecule has 0 spiro atoms. The zero-order valence-corrected chi connectivity index (χ0v) is 12.1. The van der Waals surface area contributed by atoms with Crippen LogP contribution in [0.1, 0.15) is 39.5 Å². The van der Waals surface area contributed by atoms with Crippen molar-refractivity contribution in [2.24, 2.45) is 5.92 Å². The fraction of sp³-hybridized carbons (Fsp3) is 0.714. The highest BCUT2D eigenvalue weighted by Gasteiger charge is 2.29. The third-order valence-electron chi connectivity index (χ3n) is 3.54. The van der Waals surface area contributed by atoms with E-state index in [1.807, 2.05) is 24.0 Å². The maximum absolute atomic E-state index is 4.34. The van der Waals surface area contributed by atoms with Crippen LogP contribution in [0, 0.1) is 5.92 Å². The molecular weight excluding hydrogens is 242 g/mol. The largest absolute Gasteiger partial charge is 0.313 e. The van der Waals surface area contributed by atoms with Crippen LogP contribution in [0.5, 0.6) is 0 Å². The Morgan fingerprint density at radius 3 is 3.06 bits per heavy atom. The number of nitrogens with zero attached hydrogens (tertiary/aromatic N) is 2. The van der Waals surface area contributed by atoms with Crippen molar-refractivity contribution < 1.29 is 0 Å². The summed E-state index contributed by atoms with van der Waals surface area (Å²) in [5.74, 6) is 0.837. The monoisotopic (exact) mass is 265 g/mol. The zero-order valence-electron chi connectivity index (χ0n) is 11.3. The summed E-state index contributed by atoms with van der Waals surface area (Å²) < 4.78 is 0. The van der Waals surface area contributed by atoms with E-state index in [-0.39, 0.29) is 0 Å². The Kier molecular flexibility index (Phi) is 5.45. The summed E-state index contributed by atoms with van der Waals surface area (Å²) in [6.07, 6.45) is 8.61. The van der Waals surface area contributed by atoms with Gasteiger partial charge in [-0.1, -0.05) is 13.8 Å². The van der Waals surface area contributed by atoms with E-state index in [0.29, 0.717) is 11.3 Å². The Labute approximate surface area is 114 Å². The van der Waals surface area contributed by atoms with Crippen molar-refractivity contribution in [1.82, 2.24) is 15.3 Å². The lowest BCUT2D eigenvalue weighted by Gasteiger charge is -2.34. The molecule has 3 atom stereocenters. The first kappa shape index (κ1) is 13.8. The molecule has 0 radical (unpaired) electrons. The summed E-state index contributed by atoms with van der Waals surface area (Å²) in [4.78, 5) is 8.32. The van der Waals surface area contributed by atoms with E-state index >= 15 is 0 Å². The van der Waals surface area contributed by atoms with Crippen LogP contribution in [0.4, 0.5) is 0 Å². The third kappa shape index (κ3) is 3.95. The summed E-state index contributed by atoms with van der Waals surface area (Å²) in [5.41, 5.74) is 0. The van der Waals surface area contributed by atoms with Crippen LogP contribution in [-0.2, 0) is 0 Å². The van der Waals surface area contributed by atoms with E-state index in [0.717, 1.165) is 17.5 Å². The van der Waals surface area contributed by atoms with Crippen molar-refractivity contribution in [2.45, 2.75) is 55.8 Å². The van der Waals surface area contributed by atoms with E-state index in [9.17, 15) is 0 Å². The van der Waals surface area contributed by atoms with Crippen LogP contribution in [0.15, 0.2) is 23.6 Å². The molecular formula is C14H23N3S. The van der Waals surface area contributed by atoms with E-state index in [1.165, 1.54) is 25.7 Å². The van der Waals surface area contributed by atoms with E-state index in [1.54, 1.807) is 6.33 Å². The highest BCUT2D eigenvalue weighted by Crippen LogP contribution is 2.35. The molecule has 1 heterocycles. The van der Waals surface area contributed by atoms with Crippen molar-refractivity contribution >= 4 is 11.8 Å². The highest BCUT2D eigenvalue weighted by atomic mass is 32.2. The van der Waals surface area contributed by atoms with E-state index in [2.05, 4.69) is 29.1 Å². The van der Waals surface area contributed by atoms with Gasteiger partial charge in [0.15, 0.2) is 0 Å². The van der Waals surface area contributed by atoms with Gasteiger partial charge in [0.25, 0.3) is 0 Å². The molecule has 0 saturated heterocycles. The minimum absolute atomic E-state index is 0.640.